The van der Waals surface area contributed by atoms with Gasteiger partial charge in [-0.15, -0.1) is 0 Å². The van der Waals surface area contributed by atoms with Crippen molar-refractivity contribution in [1.29, 1.82) is 0 Å². The van der Waals surface area contributed by atoms with Crippen molar-refractivity contribution < 1.29 is 23.4 Å². The van der Waals surface area contributed by atoms with Crippen LogP contribution in [-0.4, -0.2) is 84.8 Å². The molecule has 2 aromatic carbocycles. The number of anilines is 2. The van der Waals surface area contributed by atoms with Gasteiger partial charge in [0.1, 0.15) is 36.1 Å². The maximum atomic E-state index is 13.7. The molecule has 196 valence electrons. The van der Waals surface area contributed by atoms with Crippen molar-refractivity contribution in [2.24, 2.45) is 0 Å². The lowest BCUT2D eigenvalue weighted by atomic mass is 10.2. The number of nitrogens with zero attached hydrogens (tertiary/aromatic N) is 4. The molecule has 3 aromatic rings. The number of nitrogens with one attached hydrogen (secondary N) is 1. The van der Waals surface area contributed by atoms with Gasteiger partial charge in [0, 0.05) is 37.5 Å². The molecule has 37 heavy (non-hydrogen) atoms. The van der Waals surface area contributed by atoms with Crippen LogP contribution in [0.5, 0.6) is 11.5 Å². The number of carbonyl (C=O) groups is 1. The number of halogens is 2. The van der Waals surface area contributed by atoms with E-state index in [4.69, 9.17) is 25.8 Å². The maximum Gasteiger partial charge on any atom is 0.237 e. The first-order chi connectivity index (χ1) is 18.0. The average molecular weight is 530 g/mol. The second kappa shape index (κ2) is 11.5. The standard InChI is InChI=1S/C26H29ClFN5O4/c1-35-19-12-22-25(26(30-16-29-22)31-17-4-5-21(28)20(27)11-17)23(13-19)37-15-18-3-2-6-33(18)24(34)14-32-7-9-36-10-8-32/h4-5,11-13,16,18H,2-3,6-10,14-15H2,1H3,(H,29,30,31)/t18-/m1/s1. The van der Waals surface area contributed by atoms with Gasteiger partial charge in [0.2, 0.25) is 5.91 Å². The molecule has 2 aliphatic heterocycles. The van der Waals surface area contributed by atoms with Crippen molar-refractivity contribution in [3.8, 4) is 11.5 Å². The maximum absolute atomic E-state index is 13.7. The van der Waals surface area contributed by atoms with E-state index in [0.29, 0.717) is 60.3 Å². The Bertz CT molecular complexity index is 1270. The molecule has 0 spiro atoms. The van der Waals surface area contributed by atoms with Crippen molar-refractivity contribution >= 4 is 39.9 Å². The summed E-state index contributed by atoms with van der Waals surface area (Å²) in [5.74, 6) is 1.21. The topological polar surface area (TPSA) is 89.1 Å². The Morgan fingerprint density at radius 2 is 2.05 bits per heavy atom. The molecule has 0 unspecified atom stereocenters. The summed E-state index contributed by atoms with van der Waals surface area (Å²) >= 11 is 5.96. The number of benzene rings is 2. The highest BCUT2D eigenvalue weighted by Crippen LogP contribution is 2.36. The number of ether oxygens (including phenoxy) is 3. The van der Waals surface area contributed by atoms with Crippen LogP contribution >= 0.6 is 11.6 Å². The van der Waals surface area contributed by atoms with E-state index in [0.717, 1.165) is 32.5 Å². The molecule has 9 nitrogen and oxygen atoms in total. The van der Waals surface area contributed by atoms with Crippen molar-refractivity contribution in [3.63, 3.8) is 0 Å². The van der Waals surface area contributed by atoms with Crippen molar-refractivity contribution in [2.45, 2.75) is 18.9 Å². The van der Waals surface area contributed by atoms with E-state index in [1.54, 1.807) is 25.3 Å². The summed E-state index contributed by atoms with van der Waals surface area (Å²) in [6.07, 6.45) is 3.23. The lowest BCUT2D eigenvalue weighted by molar-refractivity contribution is -0.134. The lowest BCUT2D eigenvalue weighted by Crippen LogP contribution is -2.47. The van der Waals surface area contributed by atoms with Crippen LogP contribution in [0, 0.1) is 5.82 Å². The van der Waals surface area contributed by atoms with Crippen molar-refractivity contribution in [1.82, 2.24) is 19.8 Å². The van der Waals surface area contributed by atoms with Gasteiger partial charge in [-0.25, -0.2) is 14.4 Å². The van der Waals surface area contributed by atoms with E-state index < -0.39 is 5.82 Å². The van der Waals surface area contributed by atoms with Crippen molar-refractivity contribution in [3.05, 3.63) is 47.5 Å². The van der Waals surface area contributed by atoms with E-state index >= 15 is 0 Å². The van der Waals surface area contributed by atoms with Gasteiger partial charge in [-0.05, 0) is 31.0 Å². The molecule has 2 aliphatic rings. The molecule has 1 N–H and O–H groups in total. The van der Waals surface area contributed by atoms with Crippen LogP contribution in [0.1, 0.15) is 12.8 Å². The van der Waals surface area contributed by atoms with Gasteiger partial charge in [-0.2, -0.15) is 0 Å². The number of hydrogen-bond donors (Lipinski definition) is 1. The summed E-state index contributed by atoms with van der Waals surface area (Å²) in [5.41, 5.74) is 1.19. The fourth-order valence-corrected chi connectivity index (χ4v) is 4.91. The summed E-state index contributed by atoms with van der Waals surface area (Å²) in [6.45, 7) is 4.29. The van der Waals surface area contributed by atoms with Gasteiger partial charge in [-0.1, -0.05) is 11.6 Å². The van der Waals surface area contributed by atoms with Gasteiger partial charge >= 0.3 is 0 Å². The first-order valence-electron chi connectivity index (χ1n) is 12.3. The molecule has 2 fully saturated rings. The van der Waals surface area contributed by atoms with Crippen LogP contribution in [0.4, 0.5) is 15.9 Å². The second-order valence-electron chi connectivity index (χ2n) is 9.08. The number of fused-ring (bicyclic) bond motifs is 1. The lowest BCUT2D eigenvalue weighted by Gasteiger charge is -2.30. The fraction of sp³-hybridized carbons (Fsp3) is 0.423. The summed E-state index contributed by atoms with van der Waals surface area (Å²) in [6, 6.07) is 7.90. The summed E-state index contributed by atoms with van der Waals surface area (Å²) < 4.78 is 30.8. The molecule has 1 atom stereocenters. The van der Waals surface area contributed by atoms with Crippen LogP contribution in [0.15, 0.2) is 36.7 Å². The Kier molecular flexibility index (Phi) is 7.87. The molecule has 1 aromatic heterocycles. The highest BCUT2D eigenvalue weighted by atomic mass is 35.5. The first-order valence-corrected chi connectivity index (χ1v) is 12.7. The molecule has 0 aliphatic carbocycles. The Morgan fingerprint density at radius 3 is 2.84 bits per heavy atom. The zero-order valence-corrected chi connectivity index (χ0v) is 21.3. The quantitative estimate of drug-likeness (QED) is 0.470. The van der Waals surface area contributed by atoms with Crippen LogP contribution in [0.3, 0.4) is 0 Å². The van der Waals surface area contributed by atoms with E-state index in [9.17, 15) is 9.18 Å². The summed E-state index contributed by atoms with van der Waals surface area (Å²) in [7, 11) is 1.58. The monoisotopic (exact) mass is 529 g/mol. The highest BCUT2D eigenvalue weighted by Gasteiger charge is 2.30. The Labute approximate surface area is 219 Å². The number of rotatable bonds is 8. The second-order valence-corrected chi connectivity index (χ2v) is 9.49. The number of aromatic nitrogens is 2. The first kappa shape index (κ1) is 25.4. The molecule has 0 bridgehead atoms. The van der Waals surface area contributed by atoms with Crippen molar-refractivity contribution in [2.75, 3.05) is 58.4 Å². The average Bonchev–Trinajstić information content (AvgIpc) is 3.39. The largest absolute Gasteiger partial charge is 0.497 e. The number of likely N-dealkylation sites (tertiary alicyclic amines) is 1. The third-order valence-electron chi connectivity index (χ3n) is 6.68. The van der Waals surface area contributed by atoms with E-state index in [1.807, 2.05) is 4.90 Å². The van der Waals surface area contributed by atoms with E-state index in [2.05, 4.69) is 20.2 Å². The molecule has 5 rings (SSSR count). The summed E-state index contributed by atoms with van der Waals surface area (Å²) in [5, 5.41) is 3.84. The Morgan fingerprint density at radius 1 is 1.22 bits per heavy atom. The molecule has 0 radical (unpaired) electrons. The molecular weight excluding hydrogens is 501 g/mol. The number of carbonyl (C=O) groups excluding carboxylic acids is 1. The Hall–Kier alpha value is -3.21. The zero-order chi connectivity index (χ0) is 25.8. The predicted octanol–water partition coefficient (Wildman–Crippen LogP) is 3.88. The van der Waals surface area contributed by atoms with Crippen LogP contribution in [0.25, 0.3) is 10.9 Å². The van der Waals surface area contributed by atoms with E-state index in [1.165, 1.54) is 18.5 Å². The number of amides is 1. The number of methoxy groups -OCH3 is 1. The van der Waals surface area contributed by atoms with Gasteiger partial charge in [0.15, 0.2) is 0 Å². The van der Waals surface area contributed by atoms with Crippen LogP contribution in [0.2, 0.25) is 5.02 Å². The molecule has 1 amide bonds. The normalized spacial score (nSPS) is 18.2. The summed E-state index contributed by atoms with van der Waals surface area (Å²) in [4.78, 5) is 25.9. The fourth-order valence-electron chi connectivity index (χ4n) is 4.73. The molecule has 0 saturated carbocycles. The van der Waals surface area contributed by atoms with Gasteiger partial charge in [0.25, 0.3) is 0 Å². The van der Waals surface area contributed by atoms with Crippen LogP contribution < -0.4 is 14.8 Å². The molecule has 3 heterocycles. The van der Waals surface area contributed by atoms with Crippen LogP contribution in [-0.2, 0) is 9.53 Å². The minimum Gasteiger partial charge on any atom is -0.497 e. The predicted molar refractivity (Wildman–Crippen MR) is 138 cm³/mol. The highest BCUT2D eigenvalue weighted by molar-refractivity contribution is 6.31. The smallest absolute Gasteiger partial charge is 0.237 e. The third-order valence-corrected chi connectivity index (χ3v) is 6.97. The van der Waals surface area contributed by atoms with Gasteiger partial charge in [0.05, 0.1) is 48.8 Å². The Balaban J connectivity index is 1.36. The van der Waals surface area contributed by atoms with E-state index in [-0.39, 0.29) is 17.0 Å². The molecular formula is C26H29ClFN5O4. The van der Waals surface area contributed by atoms with Gasteiger partial charge in [-0.3, -0.25) is 9.69 Å². The molecule has 11 heteroatoms. The number of hydrogen-bond acceptors (Lipinski definition) is 8. The molecule has 2 saturated heterocycles. The van der Waals surface area contributed by atoms with Gasteiger partial charge < -0.3 is 24.4 Å². The minimum absolute atomic E-state index is 0.00424. The minimum atomic E-state index is -0.502. The third kappa shape index (κ3) is 5.87. The zero-order valence-electron chi connectivity index (χ0n) is 20.6. The SMILES string of the molecule is COc1cc(OC[C@H]2CCCN2C(=O)CN2CCOCC2)c2c(Nc3ccc(F)c(Cl)c3)ncnc2c1. The number of morpholine rings is 1.